The standard InChI is InChI=1S/C18H22N4O5S/c1-11-7-21(8-12(2)27-11)9-14-10-28-18(19-14)20-17(23)13-4-5-16(26-3)15(6-13)22(24)25/h4-6,10-12H,7-9H2,1-3H3,(H,19,20,23)/t11-,12+. The van der Waals surface area contributed by atoms with Gasteiger partial charge in [-0.2, -0.15) is 0 Å². The van der Waals surface area contributed by atoms with E-state index in [1.54, 1.807) is 0 Å². The summed E-state index contributed by atoms with van der Waals surface area (Å²) in [5.74, 6) is -0.354. The van der Waals surface area contributed by atoms with Crippen molar-refractivity contribution in [1.82, 2.24) is 9.88 Å². The first-order chi connectivity index (χ1) is 13.4. The van der Waals surface area contributed by atoms with Crippen LogP contribution in [0.25, 0.3) is 0 Å². The summed E-state index contributed by atoms with van der Waals surface area (Å²) in [6.45, 7) is 6.43. The molecule has 2 aromatic rings. The number of amides is 1. The minimum Gasteiger partial charge on any atom is -0.490 e. The number of nitrogens with one attached hydrogen (secondary N) is 1. The molecule has 1 amide bonds. The largest absolute Gasteiger partial charge is 0.490 e. The molecule has 9 nitrogen and oxygen atoms in total. The van der Waals surface area contributed by atoms with Crippen LogP contribution in [-0.2, 0) is 11.3 Å². The smallest absolute Gasteiger partial charge is 0.311 e. The van der Waals surface area contributed by atoms with E-state index >= 15 is 0 Å². The molecule has 0 radical (unpaired) electrons. The molecule has 1 aromatic heterocycles. The number of rotatable bonds is 6. The van der Waals surface area contributed by atoms with Gasteiger partial charge in [-0.05, 0) is 26.0 Å². The topological polar surface area (TPSA) is 107 Å². The minimum atomic E-state index is -0.582. The number of hydrogen-bond donors (Lipinski definition) is 1. The second-order valence-electron chi connectivity index (χ2n) is 6.69. The SMILES string of the molecule is COc1ccc(C(=O)Nc2nc(CN3C[C@@H](C)O[C@@H](C)C3)cs2)cc1[N+](=O)[O-]. The van der Waals surface area contributed by atoms with Gasteiger partial charge in [-0.3, -0.25) is 25.1 Å². The molecule has 2 heterocycles. The Morgan fingerprint density at radius 3 is 2.79 bits per heavy atom. The van der Waals surface area contributed by atoms with E-state index in [2.05, 4.69) is 15.2 Å². The highest BCUT2D eigenvalue weighted by molar-refractivity contribution is 7.13. The maximum absolute atomic E-state index is 12.4. The molecule has 1 saturated heterocycles. The Bertz CT molecular complexity index is 861. The van der Waals surface area contributed by atoms with Crippen molar-refractivity contribution in [2.75, 3.05) is 25.5 Å². The lowest BCUT2D eigenvalue weighted by atomic mass is 10.2. The molecule has 1 aliphatic heterocycles. The molecule has 0 bridgehead atoms. The molecular weight excluding hydrogens is 384 g/mol. The molecule has 3 rings (SSSR count). The molecule has 28 heavy (non-hydrogen) atoms. The summed E-state index contributed by atoms with van der Waals surface area (Å²) >= 11 is 1.32. The summed E-state index contributed by atoms with van der Waals surface area (Å²) in [5, 5.41) is 16.2. The van der Waals surface area contributed by atoms with Crippen LogP contribution in [0.5, 0.6) is 5.75 Å². The predicted octanol–water partition coefficient (Wildman–Crippen LogP) is 2.92. The number of aromatic nitrogens is 1. The van der Waals surface area contributed by atoms with Gasteiger partial charge < -0.3 is 9.47 Å². The lowest BCUT2D eigenvalue weighted by molar-refractivity contribution is -0.385. The number of thiazole rings is 1. The van der Waals surface area contributed by atoms with E-state index in [-0.39, 0.29) is 29.2 Å². The predicted molar refractivity (Wildman–Crippen MR) is 105 cm³/mol. The third-order valence-corrected chi connectivity index (χ3v) is 5.10. The number of nitro benzene ring substituents is 1. The van der Waals surface area contributed by atoms with Gasteiger partial charge in [0.1, 0.15) is 0 Å². The van der Waals surface area contributed by atoms with Crippen molar-refractivity contribution in [1.29, 1.82) is 0 Å². The van der Waals surface area contributed by atoms with E-state index in [9.17, 15) is 14.9 Å². The Morgan fingerprint density at radius 1 is 1.43 bits per heavy atom. The van der Waals surface area contributed by atoms with E-state index in [0.29, 0.717) is 11.7 Å². The van der Waals surface area contributed by atoms with Gasteiger partial charge in [0.05, 0.1) is 29.9 Å². The van der Waals surface area contributed by atoms with E-state index in [1.165, 1.54) is 36.6 Å². The van der Waals surface area contributed by atoms with Crippen LogP contribution < -0.4 is 10.1 Å². The number of carbonyl (C=O) groups excluding carboxylic acids is 1. The Hall–Kier alpha value is -2.56. The molecule has 10 heteroatoms. The lowest BCUT2D eigenvalue weighted by Crippen LogP contribution is -2.44. The average molecular weight is 406 g/mol. The van der Waals surface area contributed by atoms with Crippen LogP contribution in [0.1, 0.15) is 29.9 Å². The van der Waals surface area contributed by atoms with Gasteiger partial charge in [0.25, 0.3) is 5.91 Å². The van der Waals surface area contributed by atoms with Crippen molar-refractivity contribution < 1.29 is 19.2 Å². The second kappa shape index (κ2) is 8.63. The van der Waals surface area contributed by atoms with Gasteiger partial charge in [-0.25, -0.2) is 4.98 Å². The van der Waals surface area contributed by atoms with Crippen LogP contribution in [-0.4, -0.2) is 53.1 Å². The fourth-order valence-electron chi connectivity index (χ4n) is 3.22. The van der Waals surface area contributed by atoms with Gasteiger partial charge in [-0.1, -0.05) is 0 Å². The van der Waals surface area contributed by atoms with E-state index in [0.717, 1.165) is 18.8 Å². The molecule has 2 atom stereocenters. The molecule has 0 aliphatic carbocycles. The van der Waals surface area contributed by atoms with Crippen molar-refractivity contribution in [3.8, 4) is 5.75 Å². The van der Waals surface area contributed by atoms with E-state index < -0.39 is 10.8 Å². The molecule has 0 unspecified atom stereocenters. The normalized spacial score (nSPS) is 20.0. The highest BCUT2D eigenvalue weighted by atomic mass is 32.1. The van der Waals surface area contributed by atoms with E-state index in [4.69, 9.17) is 9.47 Å². The summed E-state index contributed by atoms with van der Waals surface area (Å²) in [7, 11) is 1.34. The monoisotopic (exact) mass is 406 g/mol. The number of ether oxygens (including phenoxy) is 2. The third-order valence-electron chi connectivity index (χ3n) is 4.29. The fraction of sp³-hybridized carbons (Fsp3) is 0.444. The molecule has 0 spiro atoms. The minimum absolute atomic E-state index is 0.104. The first kappa shape index (κ1) is 20.2. The van der Waals surface area contributed by atoms with Crippen LogP contribution in [0.15, 0.2) is 23.6 Å². The summed E-state index contributed by atoms with van der Waals surface area (Å²) in [6.07, 6.45) is 0.347. The number of anilines is 1. The summed E-state index contributed by atoms with van der Waals surface area (Å²) in [5.41, 5.74) is 0.771. The van der Waals surface area contributed by atoms with Crippen molar-refractivity contribution in [3.05, 3.63) is 45.0 Å². The van der Waals surface area contributed by atoms with Crippen LogP contribution >= 0.6 is 11.3 Å². The quantitative estimate of drug-likeness (QED) is 0.580. The summed E-state index contributed by atoms with van der Waals surface area (Å²) in [4.78, 5) is 29.7. The van der Waals surface area contributed by atoms with Crippen LogP contribution in [0.2, 0.25) is 0 Å². The Morgan fingerprint density at radius 2 is 2.14 bits per heavy atom. The van der Waals surface area contributed by atoms with Crippen molar-refractivity contribution in [3.63, 3.8) is 0 Å². The molecule has 1 N–H and O–H groups in total. The van der Waals surface area contributed by atoms with Crippen LogP contribution in [0, 0.1) is 10.1 Å². The molecule has 1 aliphatic rings. The molecule has 1 fully saturated rings. The zero-order valence-electron chi connectivity index (χ0n) is 15.9. The second-order valence-corrected chi connectivity index (χ2v) is 7.55. The van der Waals surface area contributed by atoms with Gasteiger partial charge >= 0.3 is 5.69 Å². The highest BCUT2D eigenvalue weighted by Gasteiger charge is 2.23. The maximum Gasteiger partial charge on any atom is 0.311 e. The zero-order valence-corrected chi connectivity index (χ0v) is 16.7. The number of nitrogens with zero attached hydrogens (tertiary/aromatic N) is 3. The zero-order chi connectivity index (χ0) is 20.3. The third kappa shape index (κ3) is 4.83. The molecule has 150 valence electrons. The Labute approximate surface area is 166 Å². The number of nitro groups is 1. The van der Waals surface area contributed by atoms with Crippen LogP contribution in [0.3, 0.4) is 0 Å². The van der Waals surface area contributed by atoms with Gasteiger partial charge in [0, 0.05) is 36.6 Å². The van der Waals surface area contributed by atoms with Gasteiger partial charge in [0.2, 0.25) is 0 Å². The van der Waals surface area contributed by atoms with Crippen LogP contribution in [0.4, 0.5) is 10.8 Å². The van der Waals surface area contributed by atoms with E-state index in [1.807, 2.05) is 19.2 Å². The molecule has 0 saturated carbocycles. The first-order valence-corrected chi connectivity index (χ1v) is 9.69. The van der Waals surface area contributed by atoms with Crippen molar-refractivity contribution >= 4 is 28.1 Å². The molecular formula is C18H22N4O5S. The average Bonchev–Trinajstić information content (AvgIpc) is 3.06. The maximum atomic E-state index is 12.4. The number of methoxy groups -OCH3 is 1. The highest BCUT2D eigenvalue weighted by Crippen LogP contribution is 2.28. The fourth-order valence-corrected chi connectivity index (χ4v) is 3.92. The number of hydrogen-bond acceptors (Lipinski definition) is 8. The van der Waals surface area contributed by atoms with Gasteiger partial charge in [0.15, 0.2) is 10.9 Å². The number of carbonyl (C=O) groups is 1. The Balaban J connectivity index is 1.65. The summed E-state index contributed by atoms with van der Waals surface area (Å²) < 4.78 is 10.7. The number of benzene rings is 1. The lowest BCUT2D eigenvalue weighted by Gasteiger charge is -2.34. The first-order valence-electron chi connectivity index (χ1n) is 8.81. The Kier molecular flexibility index (Phi) is 6.22. The van der Waals surface area contributed by atoms with Gasteiger partial charge in [-0.15, -0.1) is 11.3 Å². The van der Waals surface area contributed by atoms with Crippen molar-refractivity contribution in [2.45, 2.75) is 32.6 Å². The van der Waals surface area contributed by atoms with Crippen molar-refractivity contribution in [2.24, 2.45) is 0 Å². The number of morpholine rings is 1. The summed E-state index contributed by atoms with van der Waals surface area (Å²) in [6, 6.07) is 4.08. The molecule has 1 aromatic carbocycles.